The normalized spacial score (nSPS) is 10.9. The van der Waals surface area contributed by atoms with Crippen molar-refractivity contribution < 1.29 is 13.9 Å². The van der Waals surface area contributed by atoms with Crippen molar-refractivity contribution in [3.63, 3.8) is 0 Å². The molecule has 0 saturated carbocycles. The zero-order valence-corrected chi connectivity index (χ0v) is 13.1. The molecule has 0 amide bonds. The minimum Gasteiger partial charge on any atom is -0.462 e. The van der Waals surface area contributed by atoms with E-state index in [1.807, 2.05) is 6.20 Å². The molecule has 2 aromatic carbocycles. The van der Waals surface area contributed by atoms with Gasteiger partial charge in [0, 0.05) is 22.1 Å². The summed E-state index contributed by atoms with van der Waals surface area (Å²) in [5.74, 6) is -0.626. The van der Waals surface area contributed by atoms with E-state index in [1.165, 1.54) is 12.1 Å². The molecule has 0 bridgehead atoms. The number of ether oxygens (including phenoxy) is 1. The molecule has 0 aliphatic rings. The minimum absolute atomic E-state index is 0.257. The molecule has 0 spiro atoms. The fourth-order valence-electron chi connectivity index (χ4n) is 2.45. The molecular weight excluding hydrogens is 317 g/mol. The maximum atomic E-state index is 13.3. The minimum atomic E-state index is -0.369. The van der Waals surface area contributed by atoms with Crippen molar-refractivity contribution in [3.8, 4) is 0 Å². The van der Waals surface area contributed by atoms with Crippen LogP contribution in [0.1, 0.15) is 22.3 Å². The fraction of sp³-hybridized carbons (Fsp3) is 0.167. The molecule has 1 aromatic heterocycles. The highest BCUT2D eigenvalue weighted by Gasteiger charge is 2.08. The first-order valence-electron chi connectivity index (χ1n) is 7.32. The average Bonchev–Trinajstić information content (AvgIpc) is 2.94. The smallest absolute Gasteiger partial charge is 0.338 e. The zero-order chi connectivity index (χ0) is 16.2. The Morgan fingerprint density at radius 2 is 1.96 bits per heavy atom. The second-order valence-electron chi connectivity index (χ2n) is 5.25. The number of hydrogen-bond donors (Lipinski definition) is 1. The monoisotopic (exact) mass is 331 g/mol. The van der Waals surface area contributed by atoms with Crippen LogP contribution in [-0.4, -0.2) is 17.6 Å². The lowest BCUT2D eigenvalue weighted by atomic mass is 10.1. The number of esters is 1. The molecule has 0 atom stereocenters. The third-order valence-electron chi connectivity index (χ3n) is 3.63. The summed E-state index contributed by atoms with van der Waals surface area (Å²) in [4.78, 5) is 15.0. The highest BCUT2D eigenvalue weighted by atomic mass is 35.5. The summed E-state index contributed by atoms with van der Waals surface area (Å²) < 4.78 is 18.5. The first kappa shape index (κ1) is 15.6. The molecule has 0 aliphatic heterocycles. The van der Waals surface area contributed by atoms with Gasteiger partial charge in [-0.25, -0.2) is 9.18 Å². The number of aromatic nitrogens is 1. The Bertz CT molecular complexity index is 827. The maximum Gasteiger partial charge on any atom is 0.338 e. The Kier molecular flexibility index (Phi) is 4.63. The molecule has 3 aromatic rings. The van der Waals surface area contributed by atoms with Crippen molar-refractivity contribution in [2.24, 2.45) is 0 Å². The summed E-state index contributed by atoms with van der Waals surface area (Å²) in [5, 5.41) is 1.45. The number of aromatic amines is 1. The first-order chi connectivity index (χ1) is 11.1. The van der Waals surface area contributed by atoms with Gasteiger partial charge in [-0.1, -0.05) is 11.6 Å². The van der Waals surface area contributed by atoms with E-state index in [9.17, 15) is 9.18 Å². The van der Waals surface area contributed by atoms with Gasteiger partial charge in [-0.15, -0.1) is 0 Å². The molecule has 3 nitrogen and oxygen atoms in total. The van der Waals surface area contributed by atoms with E-state index < -0.39 is 0 Å². The predicted molar refractivity (Wildman–Crippen MR) is 88.3 cm³/mol. The number of halogens is 2. The fourth-order valence-corrected chi connectivity index (χ4v) is 2.58. The second kappa shape index (κ2) is 6.84. The number of fused-ring (bicyclic) bond motifs is 1. The van der Waals surface area contributed by atoms with Crippen LogP contribution in [0.25, 0.3) is 10.9 Å². The molecule has 0 aliphatic carbocycles. The first-order valence-corrected chi connectivity index (χ1v) is 7.69. The Labute approximate surface area is 138 Å². The summed E-state index contributed by atoms with van der Waals surface area (Å²) in [5.41, 5.74) is 2.39. The molecule has 1 N–H and O–H groups in total. The van der Waals surface area contributed by atoms with Gasteiger partial charge < -0.3 is 9.72 Å². The number of nitrogens with one attached hydrogen (secondary N) is 1. The summed E-state index contributed by atoms with van der Waals surface area (Å²) in [6.45, 7) is 0.309. The molecule has 3 rings (SSSR count). The molecular formula is C18H15ClFNO2. The van der Waals surface area contributed by atoms with Crippen molar-refractivity contribution in [2.75, 3.05) is 6.61 Å². The number of H-pyrrole nitrogens is 1. The van der Waals surface area contributed by atoms with E-state index in [1.54, 1.807) is 30.3 Å². The van der Waals surface area contributed by atoms with E-state index in [-0.39, 0.29) is 11.8 Å². The quantitative estimate of drug-likeness (QED) is 0.541. The number of hydrogen-bond acceptors (Lipinski definition) is 2. The molecule has 5 heteroatoms. The van der Waals surface area contributed by atoms with Crippen LogP contribution in [0.5, 0.6) is 0 Å². The van der Waals surface area contributed by atoms with Gasteiger partial charge in [-0.05, 0) is 60.9 Å². The topological polar surface area (TPSA) is 42.1 Å². The van der Waals surface area contributed by atoms with Crippen LogP contribution in [0.15, 0.2) is 48.7 Å². The summed E-state index contributed by atoms with van der Waals surface area (Å²) in [6, 6.07) is 11.2. The van der Waals surface area contributed by atoms with Crippen LogP contribution in [0, 0.1) is 5.82 Å². The highest BCUT2D eigenvalue weighted by molar-refractivity contribution is 6.30. The van der Waals surface area contributed by atoms with Crippen LogP contribution < -0.4 is 0 Å². The van der Waals surface area contributed by atoms with Gasteiger partial charge in [0.05, 0.1) is 12.2 Å². The van der Waals surface area contributed by atoms with Crippen molar-refractivity contribution in [1.29, 1.82) is 0 Å². The number of carbonyl (C=O) groups is 1. The zero-order valence-electron chi connectivity index (χ0n) is 12.3. The van der Waals surface area contributed by atoms with Crippen LogP contribution >= 0.6 is 11.6 Å². The van der Waals surface area contributed by atoms with Crippen molar-refractivity contribution in [1.82, 2.24) is 4.98 Å². The Morgan fingerprint density at radius 1 is 1.17 bits per heavy atom. The largest absolute Gasteiger partial charge is 0.462 e. The summed E-state index contributed by atoms with van der Waals surface area (Å²) in [6.07, 6.45) is 3.24. The molecule has 0 radical (unpaired) electrons. The summed E-state index contributed by atoms with van der Waals surface area (Å²) in [7, 11) is 0. The predicted octanol–water partition coefficient (Wildman–Crippen LogP) is 4.75. The van der Waals surface area contributed by atoms with E-state index in [2.05, 4.69) is 4.98 Å². The number of benzene rings is 2. The van der Waals surface area contributed by atoms with Crippen LogP contribution in [0.2, 0.25) is 5.02 Å². The lowest BCUT2D eigenvalue weighted by Gasteiger charge is -2.05. The third kappa shape index (κ3) is 3.71. The highest BCUT2D eigenvalue weighted by Crippen LogP contribution is 2.20. The van der Waals surface area contributed by atoms with E-state index in [4.69, 9.17) is 16.3 Å². The lowest BCUT2D eigenvalue weighted by molar-refractivity contribution is 0.0501. The van der Waals surface area contributed by atoms with Gasteiger partial charge in [0.2, 0.25) is 0 Å². The van der Waals surface area contributed by atoms with Gasteiger partial charge in [-0.3, -0.25) is 0 Å². The van der Waals surface area contributed by atoms with Crippen molar-refractivity contribution >= 4 is 28.5 Å². The maximum absolute atomic E-state index is 13.3. The van der Waals surface area contributed by atoms with Crippen LogP contribution in [0.3, 0.4) is 0 Å². The molecule has 0 saturated heterocycles. The Hall–Kier alpha value is -2.33. The standard InChI is InChI=1S/C18H15ClFNO2/c19-14-5-3-12(4-6-14)18(22)23-9-1-2-13-11-21-17-8-7-15(20)10-16(13)17/h3-8,10-11,21H,1-2,9H2. The Balaban J connectivity index is 1.54. The van der Waals surface area contributed by atoms with E-state index in [0.717, 1.165) is 16.5 Å². The van der Waals surface area contributed by atoms with Crippen molar-refractivity contribution in [3.05, 3.63) is 70.6 Å². The van der Waals surface area contributed by atoms with Gasteiger partial charge in [0.25, 0.3) is 0 Å². The van der Waals surface area contributed by atoms with E-state index in [0.29, 0.717) is 30.0 Å². The van der Waals surface area contributed by atoms with Crippen LogP contribution in [-0.2, 0) is 11.2 Å². The number of aryl methyl sites for hydroxylation is 1. The second-order valence-corrected chi connectivity index (χ2v) is 5.69. The molecule has 0 fully saturated rings. The Morgan fingerprint density at radius 3 is 2.74 bits per heavy atom. The number of carbonyl (C=O) groups excluding carboxylic acids is 1. The van der Waals surface area contributed by atoms with Crippen molar-refractivity contribution in [2.45, 2.75) is 12.8 Å². The molecule has 1 heterocycles. The lowest BCUT2D eigenvalue weighted by Crippen LogP contribution is -2.06. The average molecular weight is 332 g/mol. The van der Waals surface area contributed by atoms with Gasteiger partial charge >= 0.3 is 5.97 Å². The summed E-state index contributed by atoms with van der Waals surface area (Å²) >= 11 is 5.78. The third-order valence-corrected chi connectivity index (χ3v) is 3.88. The van der Waals surface area contributed by atoms with Gasteiger partial charge in [0.1, 0.15) is 5.82 Å². The number of rotatable bonds is 5. The molecule has 23 heavy (non-hydrogen) atoms. The van der Waals surface area contributed by atoms with Gasteiger partial charge in [-0.2, -0.15) is 0 Å². The molecule has 0 unspecified atom stereocenters. The SMILES string of the molecule is O=C(OCCCc1c[nH]c2ccc(F)cc12)c1ccc(Cl)cc1. The molecule has 118 valence electrons. The van der Waals surface area contributed by atoms with E-state index >= 15 is 0 Å². The van der Waals surface area contributed by atoms with Gasteiger partial charge in [0.15, 0.2) is 0 Å². The van der Waals surface area contributed by atoms with Crippen LogP contribution in [0.4, 0.5) is 4.39 Å².